The van der Waals surface area contributed by atoms with E-state index in [0.29, 0.717) is 17.9 Å². The first-order valence-corrected chi connectivity index (χ1v) is 9.86. The summed E-state index contributed by atoms with van der Waals surface area (Å²) in [5.41, 5.74) is 12.1. The van der Waals surface area contributed by atoms with Crippen LogP contribution < -0.4 is 5.73 Å². The summed E-state index contributed by atoms with van der Waals surface area (Å²) in [4.78, 5) is 18.9. The number of nitrogens with zero attached hydrogens (tertiary/aromatic N) is 3. The summed E-state index contributed by atoms with van der Waals surface area (Å²) in [6, 6.07) is 18.1. The Bertz CT molecular complexity index is 1200. The number of H-pyrrole nitrogens is 1. The van der Waals surface area contributed by atoms with Gasteiger partial charge in [-0.25, -0.2) is 0 Å². The average Bonchev–Trinajstić information content (AvgIpc) is 3.27. The predicted octanol–water partition coefficient (Wildman–Crippen LogP) is 3.50. The molecule has 4 aromatic rings. The van der Waals surface area contributed by atoms with E-state index in [9.17, 15) is 4.79 Å². The van der Waals surface area contributed by atoms with Crippen LogP contribution in [0.4, 0.5) is 5.82 Å². The van der Waals surface area contributed by atoms with Crippen molar-refractivity contribution in [1.29, 1.82) is 0 Å². The lowest BCUT2D eigenvalue weighted by Gasteiger charge is -2.26. The van der Waals surface area contributed by atoms with Gasteiger partial charge >= 0.3 is 0 Å². The molecule has 0 atom stereocenters. The third-order valence-corrected chi connectivity index (χ3v) is 5.63. The van der Waals surface area contributed by atoms with Crippen molar-refractivity contribution in [2.75, 3.05) is 12.3 Å². The van der Waals surface area contributed by atoms with Crippen molar-refractivity contribution in [2.45, 2.75) is 26.4 Å². The molecule has 0 radical (unpaired) electrons. The standard InChI is InChI=1S/C23H23N5O/c1-15-12-19-17(8-5-9-20(19)25-15)23(29)28-22(24)18-10-11-27(14-21(18)26-28)13-16-6-3-2-4-7-16/h2-9,12,25H,10-11,13-14,24H2,1H3. The first kappa shape index (κ1) is 17.7. The van der Waals surface area contributed by atoms with Crippen molar-refractivity contribution in [3.8, 4) is 0 Å². The van der Waals surface area contributed by atoms with Crippen LogP contribution in [-0.4, -0.2) is 32.1 Å². The maximum Gasteiger partial charge on any atom is 0.280 e. The maximum absolute atomic E-state index is 13.3. The van der Waals surface area contributed by atoms with Crippen LogP contribution >= 0.6 is 0 Å². The molecule has 0 aliphatic carbocycles. The van der Waals surface area contributed by atoms with Crippen molar-refractivity contribution in [3.05, 3.63) is 82.7 Å². The molecule has 0 fully saturated rings. The fourth-order valence-corrected chi connectivity index (χ4v) is 4.20. The van der Waals surface area contributed by atoms with Gasteiger partial charge < -0.3 is 10.7 Å². The van der Waals surface area contributed by atoms with Crippen LogP contribution in [0.5, 0.6) is 0 Å². The van der Waals surface area contributed by atoms with Crippen molar-refractivity contribution in [1.82, 2.24) is 19.7 Å². The molecule has 2 aromatic carbocycles. The molecule has 6 heteroatoms. The van der Waals surface area contributed by atoms with Crippen LogP contribution in [0.3, 0.4) is 0 Å². The smallest absolute Gasteiger partial charge is 0.280 e. The second kappa shape index (κ2) is 6.90. The van der Waals surface area contributed by atoms with Gasteiger partial charge in [0, 0.05) is 41.8 Å². The van der Waals surface area contributed by atoms with Gasteiger partial charge in [-0.2, -0.15) is 9.78 Å². The van der Waals surface area contributed by atoms with E-state index in [1.807, 2.05) is 37.3 Å². The Morgan fingerprint density at radius 3 is 2.83 bits per heavy atom. The number of hydrogen-bond donors (Lipinski definition) is 2. The van der Waals surface area contributed by atoms with Gasteiger partial charge in [-0.1, -0.05) is 36.4 Å². The van der Waals surface area contributed by atoms with Crippen LogP contribution in [0, 0.1) is 6.92 Å². The summed E-state index contributed by atoms with van der Waals surface area (Å²) in [6.45, 7) is 4.44. The molecule has 0 saturated carbocycles. The van der Waals surface area contributed by atoms with E-state index in [2.05, 4.69) is 39.2 Å². The highest BCUT2D eigenvalue weighted by molar-refractivity contribution is 6.08. The summed E-state index contributed by atoms with van der Waals surface area (Å²) >= 11 is 0. The molecule has 1 aliphatic heterocycles. The summed E-state index contributed by atoms with van der Waals surface area (Å²) in [6.07, 6.45) is 0.800. The molecule has 29 heavy (non-hydrogen) atoms. The molecular weight excluding hydrogens is 362 g/mol. The normalized spacial score (nSPS) is 14.2. The molecular formula is C23H23N5O. The quantitative estimate of drug-likeness (QED) is 0.566. The summed E-state index contributed by atoms with van der Waals surface area (Å²) in [7, 11) is 0. The monoisotopic (exact) mass is 385 g/mol. The lowest BCUT2D eigenvalue weighted by atomic mass is 10.1. The minimum atomic E-state index is -0.184. The van der Waals surface area contributed by atoms with Gasteiger partial charge in [-0.15, -0.1) is 0 Å². The van der Waals surface area contributed by atoms with E-state index < -0.39 is 0 Å². The van der Waals surface area contributed by atoms with Crippen molar-refractivity contribution in [3.63, 3.8) is 0 Å². The minimum absolute atomic E-state index is 0.184. The number of nitrogens with two attached hydrogens (primary N) is 1. The summed E-state index contributed by atoms with van der Waals surface area (Å²) in [5, 5.41) is 5.52. The molecule has 5 rings (SSSR count). The molecule has 0 bridgehead atoms. The fourth-order valence-electron chi connectivity index (χ4n) is 4.20. The number of aryl methyl sites for hydroxylation is 1. The van der Waals surface area contributed by atoms with Crippen molar-refractivity contribution in [2.24, 2.45) is 0 Å². The molecule has 0 saturated heterocycles. The largest absolute Gasteiger partial charge is 0.383 e. The zero-order valence-corrected chi connectivity index (χ0v) is 16.4. The Morgan fingerprint density at radius 2 is 2.00 bits per heavy atom. The average molecular weight is 385 g/mol. The number of rotatable bonds is 3. The maximum atomic E-state index is 13.3. The van der Waals surface area contributed by atoms with Gasteiger partial charge in [0.2, 0.25) is 0 Å². The lowest BCUT2D eigenvalue weighted by molar-refractivity contribution is 0.0948. The van der Waals surface area contributed by atoms with E-state index in [0.717, 1.165) is 47.4 Å². The van der Waals surface area contributed by atoms with Crippen molar-refractivity contribution < 1.29 is 4.79 Å². The Balaban J connectivity index is 1.45. The number of benzene rings is 2. The third-order valence-electron chi connectivity index (χ3n) is 5.63. The van der Waals surface area contributed by atoms with Crippen LogP contribution in [0.25, 0.3) is 10.9 Å². The number of nitrogens with one attached hydrogen (secondary N) is 1. The first-order valence-electron chi connectivity index (χ1n) is 9.86. The van der Waals surface area contributed by atoms with Gasteiger partial charge in [-0.3, -0.25) is 9.69 Å². The van der Waals surface area contributed by atoms with Crippen LogP contribution in [-0.2, 0) is 19.5 Å². The SMILES string of the molecule is Cc1cc2c(C(=O)n3nc4c(c3N)CCN(Cc3ccccc3)C4)cccc2[nH]1. The lowest BCUT2D eigenvalue weighted by Crippen LogP contribution is -2.30. The van der Waals surface area contributed by atoms with Crippen molar-refractivity contribution >= 4 is 22.6 Å². The van der Waals surface area contributed by atoms with Crippen LogP contribution in [0.1, 0.15) is 32.9 Å². The first-order chi connectivity index (χ1) is 14.1. The van der Waals surface area contributed by atoms with E-state index in [4.69, 9.17) is 5.73 Å². The molecule has 0 spiro atoms. The highest BCUT2D eigenvalue weighted by Gasteiger charge is 2.26. The molecule has 2 aromatic heterocycles. The number of nitrogen functional groups attached to an aromatic ring is 1. The van der Waals surface area contributed by atoms with E-state index in [-0.39, 0.29) is 5.91 Å². The molecule has 6 nitrogen and oxygen atoms in total. The predicted molar refractivity (Wildman–Crippen MR) is 114 cm³/mol. The molecule has 0 amide bonds. The van der Waals surface area contributed by atoms with Gasteiger partial charge in [0.05, 0.1) is 11.3 Å². The van der Waals surface area contributed by atoms with Crippen LogP contribution in [0.2, 0.25) is 0 Å². The summed E-state index contributed by atoms with van der Waals surface area (Å²) in [5.74, 6) is 0.282. The number of anilines is 1. The molecule has 0 unspecified atom stereocenters. The molecule has 1 aliphatic rings. The second-order valence-electron chi connectivity index (χ2n) is 7.69. The Morgan fingerprint density at radius 1 is 1.17 bits per heavy atom. The number of fused-ring (bicyclic) bond motifs is 2. The van der Waals surface area contributed by atoms with Gasteiger partial charge in [-0.05, 0) is 37.1 Å². The fraction of sp³-hybridized carbons (Fsp3) is 0.217. The minimum Gasteiger partial charge on any atom is -0.383 e. The highest BCUT2D eigenvalue weighted by Crippen LogP contribution is 2.27. The number of carbonyl (C=O) groups is 1. The van der Waals surface area contributed by atoms with Gasteiger partial charge in [0.15, 0.2) is 0 Å². The number of hydrogen-bond acceptors (Lipinski definition) is 4. The van der Waals surface area contributed by atoms with E-state index >= 15 is 0 Å². The number of carbonyl (C=O) groups excluding carboxylic acids is 1. The second-order valence-corrected chi connectivity index (χ2v) is 7.69. The Hall–Kier alpha value is -3.38. The Kier molecular flexibility index (Phi) is 4.21. The van der Waals surface area contributed by atoms with Crippen LogP contribution in [0.15, 0.2) is 54.6 Å². The van der Waals surface area contributed by atoms with Gasteiger partial charge in [0.25, 0.3) is 5.91 Å². The summed E-state index contributed by atoms with van der Waals surface area (Å²) < 4.78 is 1.38. The molecule has 3 heterocycles. The zero-order valence-electron chi connectivity index (χ0n) is 16.4. The van der Waals surface area contributed by atoms with E-state index in [1.54, 1.807) is 0 Å². The number of aromatic nitrogens is 3. The third kappa shape index (κ3) is 3.11. The number of aromatic amines is 1. The zero-order chi connectivity index (χ0) is 20.0. The van der Waals surface area contributed by atoms with Gasteiger partial charge in [0.1, 0.15) is 5.82 Å². The Labute approximate surface area is 168 Å². The highest BCUT2D eigenvalue weighted by atomic mass is 16.2. The topological polar surface area (TPSA) is 79.9 Å². The molecule has 146 valence electrons. The molecule has 3 N–H and O–H groups in total. The van der Waals surface area contributed by atoms with E-state index in [1.165, 1.54) is 10.2 Å².